The molecule has 6 heteroatoms. The Hall–Kier alpha value is -1.40. The van der Waals surface area contributed by atoms with Gasteiger partial charge < -0.3 is 5.11 Å². The van der Waals surface area contributed by atoms with Crippen LogP contribution in [0.5, 0.6) is 0 Å². The molecule has 1 fully saturated rings. The van der Waals surface area contributed by atoms with Gasteiger partial charge in [0.25, 0.3) is 0 Å². The van der Waals surface area contributed by atoms with Gasteiger partial charge in [-0.1, -0.05) is 30.3 Å². The van der Waals surface area contributed by atoms with E-state index in [0.717, 1.165) is 12.0 Å². The molecule has 0 radical (unpaired) electrons. The summed E-state index contributed by atoms with van der Waals surface area (Å²) in [5, 5.41) is 8.59. The van der Waals surface area contributed by atoms with Gasteiger partial charge in [0.05, 0.1) is 0 Å². The molecule has 1 heterocycles. The van der Waals surface area contributed by atoms with Gasteiger partial charge in [0.2, 0.25) is 10.0 Å². The molecule has 98 valence electrons. The molecule has 1 aliphatic heterocycles. The maximum absolute atomic E-state index is 11.8. The second-order valence-corrected chi connectivity index (χ2v) is 6.37. The maximum atomic E-state index is 11.8. The molecule has 1 unspecified atom stereocenters. The topological polar surface area (TPSA) is 74.7 Å². The lowest BCUT2D eigenvalue weighted by Crippen LogP contribution is -2.33. The Morgan fingerprint density at radius 1 is 1.33 bits per heavy atom. The molecule has 0 amide bonds. The van der Waals surface area contributed by atoms with E-state index in [2.05, 4.69) is 0 Å². The van der Waals surface area contributed by atoms with Crippen molar-refractivity contribution in [3.8, 4) is 0 Å². The van der Waals surface area contributed by atoms with Gasteiger partial charge in [-0.2, -0.15) is 0 Å². The number of carboxylic acids is 1. The van der Waals surface area contributed by atoms with E-state index in [0.29, 0.717) is 13.1 Å². The number of sulfonamides is 1. The molecule has 5 nitrogen and oxygen atoms in total. The van der Waals surface area contributed by atoms with Crippen molar-refractivity contribution < 1.29 is 18.3 Å². The third kappa shape index (κ3) is 2.88. The average Bonchev–Trinajstić information content (AvgIpc) is 2.78. The van der Waals surface area contributed by atoms with E-state index in [1.807, 2.05) is 30.3 Å². The molecule has 1 atom stereocenters. The fraction of sp³-hybridized carbons (Fsp3) is 0.417. The smallest absolute Gasteiger partial charge is 0.320 e. The zero-order valence-corrected chi connectivity index (χ0v) is 10.6. The Bertz CT molecular complexity index is 526. The molecule has 0 aromatic heterocycles. The predicted molar refractivity (Wildman–Crippen MR) is 66.8 cm³/mol. The van der Waals surface area contributed by atoms with Crippen LogP contribution in [-0.2, 0) is 14.8 Å². The second-order valence-electron chi connectivity index (χ2n) is 4.40. The van der Waals surface area contributed by atoms with E-state index in [-0.39, 0.29) is 5.92 Å². The van der Waals surface area contributed by atoms with Crippen LogP contribution in [0.25, 0.3) is 0 Å². The van der Waals surface area contributed by atoms with Crippen molar-refractivity contribution in [3.05, 3.63) is 35.9 Å². The molecule has 18 heavy (non-hydrogen) atoms. The summed E-state index contributed by atoms with van der Waals surface area (Å²) in [6, 6.07) is 9.70. The molecular formula is C12H15NO4S. The highest BCUT2D eigenvalue weighted by Gasteiger charge is 2.33. The van der Waals surface area contributed by atoms with Gasteiger partial charge in [-0.25, -0.2) is 12.7 Å². The van der Waals surface area contributed by atoms with E-state index < -0.39 is 21.7 Å². The minimum atomic E-state index is -3.67. The molecule has 1 aromatic carbocycles. The number of rotatable bonds is 4. The highest BCUT2D eigenvalue weighted by molar-refractivity contribution is 7.89. The quantitative estimate of drug-likeness (QED) is 0.881. The van der Waals surface area contributed by atoms with Crippen molar-refractivity contribution in [3.63, 3.8) is 0 Å². The predicted octanol–water partition coefficient (Wildman–Crippen LogP) is 0.890. The van der Waals surface area contributed by atoms with Gasteiger partial charge >= 0.3 is 5.97 Å². The van der Waals surface area contributed by atoms with Crippen LogP contribution >= 0.6 is 0 Å². The van der Waals surface area contributed by atoms with Gasteiger partial charge in [-0.15, -0.1) is 0 Å². The van der Waals surface area contributed by atoms with Crippen molar-refractivity contribution in [2.75, 3.05) is 18.8 Å². The number of carboxylic acid groups (broad SMARTS) is 1. The first kappa shape index (κ1) is 13.0. The summed E-state index contributed by atoms with van der Waals surface area (Å²) >= 11 is 0. The van der Waals surface area contributed by atoms with Gasteiger partial charge in [0, 0.05) is 13.1 Å². The number of hydrogen-bond acceptors (Lipinski definition) is 3. The van der Waals surface area contributed by atoms with Crippen molar-refractivity contribution in [1.29, 1.82) is 0 Å². The highest BCUT2D eigenvalue weighted by Crippen LogP contribution is 2.28. The van der Waals surface area contributed by atoms with Gasteiger partial charge in [-0.3, -0.25) is 4.79 Å². The summed E-state index contributed by atoms with van der Waals surface area (Å²) in [6.07, 6.45) is 0.739. The first-order valence-corrected chi connectivity index (χ1v) is 7.34. The largest absolute Gasteiger partial charge is 0.480 e. The van der Waals surface area contributed by atoms with E-state index in [1.54, 1.807) is 0 Å². The van der Waals surface area contributed by atoms with Crippen LogP contribution in [0.4, 0.5) is 0 Å². The summed E-state index contributed by atoms with van der Waals surface area (Å²) < 4.78 is 24.8. The van der Waals surface area contributed by atoms with Crippen molar-refractivity contribution in [2.45, 2.75) is 12.3 Å². The van der Waals surface area contributed by atoms with Crippen LogP contribution in [0.3, 0.4) is 0 Å². The van der Waals surface area contributed by atoms with Crippen LogP contribution < -0.4 is 0 Å². The molecule has 1 aromatic rings. The summed E-state index contributed by atoms with van der Waals surface area (Å²) in [4.78, 5) is 10.5. The van der Waals surface area contributed by atoms with Crippen LogP contribution in [0.2, 0.25) is 0 Å². The van der Waals surface area contributed by atoms with Gasteiger partial charge in [-0.05, 0) is 17.9 Å². The summed E-state index contributed by atoms with van der Waals surface area (Å²) in [6.45, 7) is 0.773. The fourth-order valence-corrected chi connectivity index (χ4v) is 3.51. The second kappa shape index (κ2) is 5.07. The SMILES string of the molecule is O=C(O)CS(=O)(=O)N1CCC(c2ccccc2)C1. The Balaban J connectivity index is 2.07. The van der Waals surface area contributed by atoms with Crippen molar-refractivity contribution in [1.82, 2.24) is 4.31 Å². The van der Waals surface area contributed by atoms with E-state index in [1.165, 1.54) is 4.31 Å². The maximum Gasteiger partial charge on any atom is 0.320 e. The lowest BCUT2D eigenvalue weighted by Gasteiger charge is -2.15. The minimum Gasteiger partial charge on any atom is -0.480 e. The van der Waals surface area contributed by atoms with E-state index in [9.17, 15) is 13.2 Å². The zero-order chi connectivity index (χ0) is 13.2. The molecule has 1 saturated heterocycles. The highest BCUT2D eigenvalue weighted by atomic mass is 32.2. The number of hydrogen-bond donors (Lipinski definition) is 1. The van der Waals surface area contributed by atoms with E-state index >= 15 is 0 Å². The minimum absolute atomic E-state index is 0.162. The van der Waals surface area contributed by atoms with Crippen LogP contribution in [0, 0.1) is 0 Å². The Morgan fingerprint density at radius 2 is 2.00 bits per heavy atom. The van der Waals surface area contributed by atoms with Gasteiger partial charge in [0.1, 0.15) is 0 Å². The number of benzene rings is 1. The molecular weight excluding hydrogens is 254 g/mol. The number of aliphatic carboxylic acids is 1. The Labute approximate surface area is 106 Å². The Morgan fingerprint density at radius 3 is 2.61 bits per heavy atom. The first-order valence-electron chi connectivity index (χ1n) is 5.73. The monoisotopic (exact) mass is 269 g/mol. The van der Waals surface area contributed by atoms with Crippen LogP contribution in [0.15, 0.2) is 30.3 Å². The normalized spacial score (nSPS) is 21.0. The lowest BCUT2D eigenvalue weighted by atomic mass is 9.99. The number of carbonyl (C=O) groups is 1. The third-order valence-electron chi connectivity index (χ3n) is 3.12. The molecule has 1 aliphatic rings. The molecule has 0 bridgehead atoms. The first-order chi connectivity index (χ1) is 8.49. The Kier molecular flexibility index (Phi) is 3.68. The van der Waals surface area contributed by atoms with Gasteiger partial charge in [0.15, 0.2) is 5.75 Å². The standard InChI is InChI=1S/C12H15NO4S/c14-12(15)9-18(16,17)13-7-6-11(8-13)10-4-2-1-3-5-10/h1-5,11H,6-9H2,(H,14,15). The third-order valence-corrected chi connectivity index (χ3v) is 4.85. The fourth-order valence-electron chi connectivity index (χ4n) is 2.23. The average molecular weight is 269 g/mol. The lowest BCUT2D eigenvalue weighted by molar-refractivity contribution is -0.134. The molecule has 2 rings (SSSR count). The van der Waals surface area contributed by atoms with Crippen molar-refractivity contribution >= 4 is 16.0 Å². The summed E-state index contributed by atoms with van der Waals surface area (Å²) in [5.41, 5.74) is 1.10. The number of nitrogens with zero attached hydrogens (tertiary/aromatic N) is 1. The molecule has 1 N–H and O–H groups in total. The summed E-state index contributed by atoms with van der Waals surface area (Å²) in [5.74, 6) is -1.97. The van der Waals surface area contributed by atoms with E-state index in [4.69, 9.17) is 5.11 Å². The van der Waals surface area contributed by atoms with Crippen LogP contribution in [0.1, 0.15) is 17.9 Å². The zero-order valence-electron chi connectivity index (χ0n) is 9.82. The summed E-state index contributed by atoms with van der Waals surface area (Å²) in [7, 11) is -3.67. The van der Waals surface area contributed by atoms with Crippen molar-refractivity contribution in [2.24, 2.45) is 0 Å². The molecule has 0 aliphatic carbocycles. The molecule has 0 spiro atoms. The van der Waals surface area contributed by atoms with Crippen LogP contribution in [-0.4, -0.2) is 42.6 Å². The molecule has 0 saturated carbocycles.